The Kier molecular flexibility index (Phi) is 5.44. The van der Waals surface area contributed by atoms with Gasteiger partial charge in [-0.2, -0.15) is 5.10 Å². The van der Waals surface area contributed by atoms with Gasteiger partial charge in [-0.1, -0.05) is 11.3 Å². The molecule has 0 aliphatic carbocycles. The van der Waals surface area contributed by atoms with Crippen LogP contribution in [0.2, 0.25) is 0 Å². The number of carbonyl (C=O) groups excluding carboxylic acids is 1. The number of urea groups is 1. The van der Waals surface area contributed by atoms with Crippen LogP contribution in [0.15, 0.2) is 35.4 Å². The molecule has 4 heterocycles. The number of halogens is 3. The van der Waals surface area contributed by atoms with Crippen molar-refractivity contribution in [2.24, 2.45) is 5.10 Å². The molecular weight excluding hydrogens is 457 g/mol. The summed E-state index contributed by atoms with van der Waals surface area (Å²) in [4.78, 5) is 18.5. The Morgan fingerprint density at radius 3 is 2.58 bits per heavy atom. The van der Waals surface area contributed by atoms with Crippen LogP contribution in [-0.2, 0) is 0 Å². The van der Waals surface area contributed by atoms with Crippen LogP contribution in [0.5, 0.6) is 5.88 Å². The number of hydrazone groups is 1. The van der Waals surface area contributed by atoms with Crippen molar-refractivity contribution in [3.63, 3.8) is 0 Å². The highest BCUT2D eigenvalue weighted by molar-refractivity contribution is 7.14. The van der Waals surface area contributed by atoms with Crippen molar-refractivity contribution >= 4 is 23.6 Å². The summed E-state index contributed by atoms with van der Waals surface area (Å²) in [7, 11) is 0. The molecule has 1 saturated heterocycles. The summed E-state index contributed by atoms with van der Waals surface area (Å²) >= 11 is 1.33. The van der Waals surface area contributed by atoms with Gasteiger partial charge < -0.3 is 9.64 Å². The minimum atomic E-state index is -0.720. The number of hydrogen-bond donors (Lipinski definition) is 0. The fraction of sp³-hybridized carbons (Fsp3) is 0.286. The third-order valence-electron chi connectivity index (χ3n) is 5.25. The molecule has 170 valence electrons. The lowest BCUT2D eigenvalue weighted by molar-refractivity contribution is 0.0231. The zero-order chi connectivity index (χ0) is 23.1. The molecule has 5 rings (SSSR count). The Labute approximate surface area is 190 Å². The summed E-state index contributed by atoms with van der Waals surface area (Å²) in [5.41, 5.74) is 0.766. The molecule has 0 bridgehead atoms. The molecule has 33 heavy (non-hydrogen) atoms. The standard InChI is InChI=1S/C21H17F3N6O2S/c1-11-27-28-20(33-11)17-3-2-16(24)19(26-17)32-15-9-29(10-15)21(31)30-18(4-5-25-30)12-6-13(22)8-14(23)7-12/h2-3,5-8,15,18H,4,9-10H2,1H3. The van der Waals surface area contributed by atoms with Crippen molar-refractivity contribution in [2.75, 3.05) is 13.1 Å². The summed E-state index contributed by atoms with van der Waals surface area (Å²) < 4.78 is 47.1. The molecule has 2 aromatic heterocycles. The first-order valence-electron chi connectivity index (χ1n) is 10.1. The average molecular weight is 474 g/mol. The first-order chi connectivity index (χ1) is 15.9. The van der Waals surface area contributed by atoms with Crippen molar-refractivity contribution in [1.29, 1.82) is 0 Å². The lowest BCUT2D eigenvalue weighted by atomic mass is 10.0. The number of nitrogens with zero attached hydrogens (tertiary/aromatic N) is 6. The molecule has 2 aliphatic heterocycles. The second kappa shape index (κ2) is 8.43. The fourth-order valence-electron chi connectivity index (χ4n) is 3.64. The molecule has 2 aliphatic rings. The van der Waals surface area contributed by atoms with E-state index in [9.17, 15) is 18.0 Å². The van der Waals surface area contributed by atoms with Crippen LogP contribution < -0.4 is 4.74 Å². The van der Waals surface area contributed by atoms with Gasteiger partial charge in [0.05, 0.1) is 19.1 Å². The van der Waals surface area contributed by atoms with E-state index in [0.29, 0.717) is 22.7 Å². The normalized spacial score (nSPS) is 18.0. The maximum Gasteiger partial charge on any atom is 0.341 e. The van der Waals surface area contributed by atoms with E-state index in [1.165, 1.54) is 51.7 Å². The van der Waals surface area contributed by atoms with E-state index >= 15 is 0 Å². The third kappa shape index (κ3) is 4.25. The molecule has 1 unspecified atom stereocenters. The predicted octanol–water partition coefficient (Wildman–Crippen LogP) is 3.94. The van der Waals surface area contributed by atoms with E-state index in [4.69, 9.17) is 4.74 Å². The smallest absolute Gasteiger partial charge is 0.341 e. The van der Waals surface area contributed by atoms with Gasteiger partial charge in [-0.3, -0.25) is 0 Å². The van der Waals surface area contributed by atoms with Gasteiger partial charge in [0.2, 0.25) is 0 Å². The summed E-state index contributed by atoms with van der Waals surface area (Å²) in [5, 5.41) is 14.5. The minimum Gasteiger partial charge on any atom is -0.468 e. The predicted molar refractivity (Wildman–Crippen MR) is 113 cm³/mol. The Morgan fingerprint density at radius 1 is 1.12 bits per heavy atom. The number of aryl methyl sites for hydroxylation is 1. The van der Waals surface area contributed by atoms with Crippen LogP contribution in [0, 0.1) is 24.4 Å². The molecule has 0 spiro atoms. The van der Waals surface area contributed by atoms with Crippen molar-refractivity contribution < 1.29 is 22.7 Å². The maximum absolute atomic E-state index is 14.2. The topological polar surface area (TPSA) is 83.8 Å². The summed E-state index contributed by atoms with van der Waals surface area (Å²) in [6, 6.07) is 4.87. The summed E-state index contributed by atoms with van der Waals surface area (Å²) in [6.07, 6.45) is 1.41. The van der Waals surface area contributed by atoms with Gasteiger partial charge in [0.25, 0.3) is 5.88 Å². The molecule has 3 aromatic rings. The van der Waals surface area contributed by atoms with Crippen LogP contribution in [0.25, 0.3) is 10.7 Å². The van der Waals surface area contributed by atoms with Gasteiger partial charge in [-0.05, 0) is 36.8 Å². The van der Waals surface area contributed by atoms with E-state index in [1.807, 2.05) is 6.92 Å². The van der Waals surface area contributed by atoms with Gasteiger partial charge >= 0.3 is 6.03 Å². The number of amides is 2. The van der Waals surface area contributed by atoms with Crippen LogP contribution in [-0.4, -0.2) is 56.5 Å². The second-order valence-corrected chi connectivity index (χ2v) is 8.82. The SMILES string of the molecule is Cc1nnc(-c2ccc(F)c(OC3CN(C(=O)N4N=CCC4c4cc(F)cc(F)c4)C3)n2)s1. The Hall–Kier alpha value is -3.54. The van der Waals surface area contributed by atoms with Crippen LogP contribution >= 0.6 is 11.3 Å². The number of benzene rings is 1. The summed E-state index contributed by atoms with van der Waals surface area (Å²) in [5.74, 6) is -2.24. The zero-order valence-corrected chi connectivity index (χ0v) is 18.1. The highest BCUT2D eigenvalue weighted by Crippen LogP contribution is 2.32. The number of hydrogen-bond acceptors (Lipinski definition) is 7. The highest BCUT2D eigenvalue weighted by Gasteiger charge is 2.39. The van der Waals surface area contributed by atoms with Gasteiger partial charge in [-0.15, -0.1) is 10.2 Å². The second-order valence-electron chi connectivity index (χ2n) is 7.63. The van der Waals surface area contributed by atoms with Crippen molar-refractivity contribution in [3.8, 4) is 16.6 Å². The Balaban J connectivity index is 1.23. The van der Waals surface area contributed by atoms with Gasteiger partial charge in [-0.25, -0.2) is 28.0 Å². The molecule has 8 nitrogen and oxygen atoms in total. The van der Waals surface area contributed by atoms with Crippen molar-refractivity contribution in [1.82, 2.24) is 25.1 Å². The van der Waals surface area contributed by atoms with Crippen LogP contribution in [0.3, 0.4) is 0 Å². The number of rotatable bonds is 4. The highest BCUT2D eigenvalue weighted by atomic mass is 32.1. The lowest BCUT2D eigenvalue weighted by Gasteiger charge is -2.40. The van der Waals surface area contributed by atoms with Crippen molar-refractivity contribution in [2.45, 2.75) is 25.5 Å². The fourth-order valence-corrected chi connectivity index (χ4v) is 4.30. The maximum atomic E-state index is 14.2. The van der Waals surface area contributed by atoms with E-state index in [0.717, 1.165) is 11.1 Å². The lowest BCUT2D eigenvalue weighted by Crippen LogP contribution is -2.59. The monoisotopic (exact) mass is 474 g/mol. The van der Waals surface area contributed by atoms with E-state index < -0.39 is 35.6 Å². The number of ether oxygens (including phenoxy) is 1. The molecule has 0 radical (unpaired) electrons. The molecular formula is C21H17F3N6O2S. The first-order valence-corrected chi connectivity index (χ1v) is 10.9. The molecule has 1 atom stereocenters. The molecule has 1 fully saturated rings. The van der Waals surface area contributed by atoms with E-state index in [1.54, 1.807) is 0 Å². The molecule has 12 heteroatoms. The van der Waals surface area contributed by atoms with Crippen molar-refractivity contribution in [3.05, 3.63) is 58.4 Å². The largest absolute Gasteiger partial charge is 0.468 e. The summed E-state index contributed by atoms with van der Waals surface area (Å²) in [6.45, 7) is 2.19. The van der Waals surface area contributed by atoms with E-state index in [-0.39, 0.29) is 19.0 Å². The first kappa shape index (κ1) is 21.3. The molecule has 2 amide bonds. The number of aromatic nitrogens is 3. The number of carbonyl (C=O) groups is 1. The Morgan fingerprint density at radius 2 is 1.88 bits per heavy atom. The van der Waals surface area contributed by atoms with Crippen LogP contribution in [0.1, 0.15) is 23.0 Å². The molecule has 1 aromatic carbocycles. The number of pyridine rings is 1. The van der Waals surface area contributed by atoms with Gasteiger partial charge in [0, 0.05) is 18.7 Å². The molecule has 0 N–H and O–H groups in total. The van der Waals surface area contributed by atoms with Crippen LogP contribution in [0.4, 0.5) is 18.0 Å². The number of likely N-dealkylation sites (tertiary alicyclic amines) is 1. The zero-order valence-electron chi connectivity index (χ0n) is 17.3. The average Bonchev–Trinajstić information content (AvgIpc) is 3.40. The minimum absolute atomic E-state index is 0.176. The van der Waals surface area contributed by atoms with E-state index in [2.05, 4.69) is 20.3 Å². The van der Waals surface area contributed by atoms with Gasteiger partial charge in [0.15, 0.2) is 10.8 Å². The quantitative estimate of drug-likeness (QED) is 0.572. The third-order valence-corrected chi connectivity index (χ3v) is 6.11. The van der Waals surface area contributed by atoms with Gasteiger partial charge in [0.1, 0.15) is 28.4 Å². The Bertz CT molecular complexity index is 1230. The molecule has 0 saturated carbocycles.